The number of nitrogens with one attached hydrogen (secondary N) is 1. The largest absolute Gasteiger partial charge is 0.486 e. The smallest absolute Gasteiger partial charge is 0.404 e. The lowest BCUT2D eigenvalue weighted by Gasteiger charge is -2.10. The second kappa shape index (κ2) is 5.89. The van der Waals surface area contributed by atoms with Crippen molar-refractivity contribution in [3.05, 3.63) is 52.5 Å². The zero-order valence-corrected chi connectivity index (χ0v) is 12.9. The third-order valence-electron chi connectivity index (χ3n) is 3.72. The predicted octanol–water partition coefficient (Wildman–Crippen LogP) is 3.89. The molecule has 2 aromatic rings. The van der Waals surface area contributed by atoms with E-state index >= 15 is 0 Å². The van der Waals surface area contributed by atoms with Crippen molar-refractivity contribution in [1.29, 1.82) is 0 Å². The molecule has 1 heterocycles. The summed E-state index contributed by atoms with van der Waals surface area (Å²) in [6.45, 7) is 2.30. The monoisotopic (exact) mass is 317 g/mol. The first-order valence-electron chi connectivity index (χ1n) is 7.06. The lowest BCUT2D eigenvalue weighted by atomic mass is 10.00. The maximum Gasteiger partial charge on any atom is 0.404 e. The van der Waals surface area contributed by atoms with Gasteiger partial charge in [-0.25, -0.2) is 4.79 Å². The minimum absolute atomic E-state index is 0.211. The summed E-state index contributed by atoms with van der Waals surface area (Å²) in [5.74, 6) is 0.662. The molecule has 114 valence electrons. The Balaban J connectivity index is 1.84. The number of fused-ring (bicyclic) bond motifs is 1. The second-order valence-corrected chi connectivity index (χ2v) is 5.85. The average molecular weight is 318 g/mol. The molecule has 2 aromatic carbocycles. The molecule has 0 fully saturated rings. The number of carbonyl (C=O) groups is 1. The van der Waals surface area contributed by atoms with Crippen molar-refractivity contribution in [2.45, 2.75) is 19.4 Å². The molecule has 1 amide bonds. The van der Waals surface area contributed by atoms with Gasteiger partial charge in [-0.2, -0.15) is 0 Å². The minimum atomic E-state index is -1.05. The van der Waals surface area contributed by atoms with Crippen LogP contribution >= 0.6 is 11.6 Å². The SMILES string of the molecule is Cc1ccc(-c2cc(Cl)c3c(c2)CC(CNC(=O)O)O3)cc1. The maximum atomic E-state index is 10.6. The molecule has 5 heteroatoms. The fourth-order valence-electron chi connectivity index (χ4n) is 2.62. The van der Waals surface area contributed by atoms with Crippen LogP contribution in [0.3, 0.4) is 0 Å². The van der Waals surface area contributed by atoms with Crippen molar-refractivity contribution in [1.82, 2.24) is 5.32 Å². The molecular weight excluding hydrogens is 302 g/mol. The number of hydrogen-bond donors (Lipinski definition) is 2. The van der Waals surface area contributed by atoms with E-state index in [0.29, 0.717) is 17.2 Å². The van der Waals surface area contributed by atoms with Crippen LogP contribution in [0.4, 0.5) is 4.79 Å². The van der Waals surface area contributed by atoms with E-state index in [2.05, 4.69) is 35.6 Å². The van der Waals surface area contributed by atoms with Crippen LogP contribution < -0.4 is 10.1 Å². The highest BCUT2D eigenvalue weighted by Crippen LogP contribution is 2.39. The summed E-state index contributed by atoms with van der Waals surface area (Å²) in [5, 5.41) is 11.6. The highest BCUT2D eigenvalue weighted by atomic mass is 35.5. The Hall–Kier alpha value is -2.20. The van der Waals surface area contributed by atoms with Crippen LogP contribution in [0.5, 0.6) is 5.75 Å². The van der Waals surface area contributed by atoms with E-state index < -0.39 is 6.09 Å². The lowest BCUT2D eigenvalue weighted by molar-refractivity contribution is 0.181. The Morgan fingerprint density at radius 2 is 2.05 bits per heavy atom. The van der Waals surface area contributed by atoms with Gasteiger partial charge in [-0.05, 0) is 30.2 Å². The summed E-state index contributed by atoms with van der Waals surface area (Å²) in [6, 6.07) is 12.2. The van der Waals surface area contributed by atoms with E-state index in [0.717, 1.165) is 16.7 Å². The Morgan fingerprint density at radius 3 is 2.73 bits per heavy atom. The van der Waals surface area contributed by atoms with E-state index in [1.54, 1.807) is 0 Å². The van der Waals surface area contributed by atoms with Gasteiger partial charge in [0.15, 0.2) is 0 Å². The van der Waals surface area contributed by atoms with Crippen LogP contribution in [-0.4, -0.2) is 23.8 Å². The predicted molar refractivity (Wildman–Crippen MR) is 85.8 cm³/mol. The zero-order valence-electron chi connectivity index (χ0n) is 12.1. The third kappa shape index (κ3) is 3.02. The first-order chi connectivity index (χ1) is 10.5. The summed E-state index contributed by atoms with van der Waals surface area (Å²) in [7, 11) is 0. The van der Waals surface area contributed by atoms with Gasteiger partial charge in [0.2, 0.25) is 0 Å². The van der Waals surface area contributed by atoms with E-state index in [9.17, 15) is 4.79 Å². The van der Waals surface area contributed by atoms with E-state index in [4.69, 9.17) is 21.4 Å². The van der Waals surface area contributed by atoms with E-state index in [1.165, 1.54) is 5.56 Å². The summed E-state index contributed by atoms with van der Waals surface area (Å²) in [6.07, 6.45) is -0.613. The van der Waals surface area contributed by atoms with Crippen LogP contribution in [0.2, 0.25) is 5.02 Å². The van der Waals surface area contributed by atoms with Crippen LogP contribution in [0.25, 0.3) is 11.1 Å². The van der Waals surface area contributed by atoms with Crippen LogP contribution in [0.15, 0.2) is 36.4 Å². The topological polar surface area (TPSA) is 58.6 Å². The molecule has 1 aliphatic heterocycles. The molecule has 22 heavy (non-hydrogen) atoms. The molecule has 2 N–H and O–H groups in total. The van der Waals surface area contributed by atoms with Crippen molar-refractivity contribution in [2.24, 2.45) is 0 Å². The highest BCUT2D eigenvalue weighted by Gasteiger charge is 2.26. The second-order valence-electron chi connectivity index (χ2n) is 5.44. The van der Waals surface area contributed by atoms with Gasteiger partial charge < -0.3 is 15.2 Å². The van der Waals surface area contributed by atoms with Gasteiger partial charge in [0.05, 0.1) is 11.6 Å². The molecule has 1 unspecified atom stereocenters. The van der Waals surface area contributed by atoms with Crippen molar-refractivity contribution < 1.29 is 14.6 Å². The number of aryl methyl sites for hydroxylation is 1. The molecule has 1 aliphatic rings. The molecule has 0 spiro atoms. The summed E-state index contributed by atoms with van der Waals surface area (Å²) < 4.78 is 5.74. The summed E-state index contributed by atoms with van der Waals surface area (Å²) >= 11 is 6.32. The fourth-order valence-corrected chi connectivity index (χ4v) is 2.90. The van der Waals surface area contributed by atoms with Crippen LogP contribution in [0, 0.1) is 6.92 Å². The molecule has 3 rings (SSSR count). The van der Waals surface area contributed by atoms with Crippen LogP contribution in [0.1, 0.15) is 11.1 Å². The number of carboxylic acid groups (broad SMARTS) is 1. The van der Waals surface area contributed by atoms with E-state index in [1.807, 2.05) is 13.0 Å². The van der Waals surface area contributed by atoms with Gasteiger partial charge >= 0.3 is 6.09 Å². The van der Waals surface area contributed by atoms with Gasteiger partial charge in [-0.3, -0.25) is 0 Å². The molecule has 0 saturated heterocycles. The number of ether oxygens (including phenoxy) is 1. The first-order valence-corrected chi connectivity index (χ1v) is 7.43. The van der Waals surface area contributed by atoms with Crippen molar-refractivity contribution >= 4 is 17.7 Å². The van der Waals surface area contributed by atoms with Crippen molar-refractivity contribution in [3.63, 3.8) is 0 Å². The molecule has 0 aromatic heterocycles. The Bertz CT molecular complexity index is 713. The Labute approximate surface area is 133 Å². The van der Waals surface area contributed by atoms with Crippen molar-refractivity contribution in [2.75, 3.05) is 6.54 Å². The fraction of sp³-hybridized carbons (Fsp3) is 0.235. The molecule has 0 saturated carbocycles. The lowest BCUT2D eigenvalue weighted by Crippen LogP contribution is -2.33. The molecule has 0 aliphatic carbocycles. The highest BCUT2D eigenvalue weighted by molar-refractivity contribution is 6.32. The zero-order chi connectivity index (χ0) is 15.7. The molecular formula is C17H16ClNO3. The normalized spacial score (nSPS) is 16.0. The molecule has 0 radical (unpaired) electrons. The van der Waals surface area contributed by atoms with Gasteiger partial charge in [0.25, 0.3) is 0 Å². The number of amides is 1. The maximum absolute atomic E-state index is 10.6. The molecule has 1 atom stereocenters. The number of benzene rings is 2. The number of hydrogen-bond acceptors (Lipinski definition) is 2. The Kier molecular flexibility index (Phi) is 3.94. The van der Waals surface area contributed by atoms with Gasteiger partial charge in [0.1, 0.15) is 11.9 Å². The quantitative estimate of drug-likeness (QED) is 0.903. The minimum Gasteiger partial charge on any atom is -0.486 e. The molecule has 0 bridgehead atoms. The first kappa shape index (κ1) is 14.7. The van der Waals surface area contributed by atoms with Crippen molar-refractivity contribution in [3.8, 4) is 16.9 Å². The van der Waals surface area contributed by atoms with Gasteiger partial charge in [0, 0.05) is 12.0 Å². The Morgan fingerprint density at radius 1 is 1.32 bits per heavy atom. The standard InChI is InChI=1S/C17H16ClNO3/c1-10-2-4-11(5-3-10)12-6-13-7-14(9-19-17(20)21)22-16(13)15(18)8-12/h2-6,8,14,19H,7,9H2,1H3,(H,20,21). The molecule has 4 nitrogen and oxygen atoms in total. The number of rotatable bonds is 3. The summed E-state index contributed by atoms with van der Waals surface area (Å²) in [4.78, 5) is 10.6. The van der Waals surface area contributed by atoms with E-state index in [-0.39, 0.29) is 12.6 Å². The van der Waals surface area contributed by atoms with Gasteiger partial charge in [-0.15, -0.1) is 0 Å². The number of halogens is 1. The average Bonchev–Trinajstić information content (AvgIpc) is 2.89. The summed E-state index contributed by atoms with van der Waals surface area (Å²) in [5.41, 5.74) is 4.36. The van der Waals surface area contributed by atoms with Crippen LogP contribution in [-0.2, 0) is 6.42 Å². The van der Waals surface area contributed by atoms with Gasteiger partial charge in [-0.1, -0.05) is 41.4 Å². The third-order valence-corrected chi connectivity index (χ3v) is 4.00.